The maximum absolute atomic E-state index is 12.1. The van der Waals surface area contributed by atoms with Gasteiger partial charge in [0.25, 0.3) is 0 Å². The molecular formula is C16H25N3O2. The molecule has 1 N–H and O–H groups in total. The van der Waals surface area contributed by atoms with Crippen molar-refractivity contribution in [3.63, 3.8) is 0 Å². The molecule has 1 aromatic carbocycles. The number of likely N-dealkylation sites (tertiary alicyclic amines) is 1. The molecule has 0 aliphatic carbocycles. The minimum Gasteiger partial charge on any atom is -0.497 e. The normalized spacial score (nSPS) is 16.1. The summed E-state index contributed by atoms with van der Waals surface area (Å²) in [6.45, 7) is 2.36. The quantitative estimate of drug-likeness (QED) is 0.903. The Bertz CT molecular complexity index is 453. The second-order valence-electron chi connectivity index (χ2n) is 5.63. The zero-order valence-corrected chi connectivity index (χ0v) is 13.1. The third kappa shape index (κ3) is 4.11. The van der Waals surface area contributed by atoms with Gasteiger partial charge in [-0.1, -0.05) is 12.1 Å². The van der Waals surface area contributed by atoms with E-state index in [0.29, 0.717) is 6.54 Å². The van der Waals surface area contributed by atoms with Crippen LogP contribution in [0.3, 0.4) is 0 Å². The molecule has 0 spiro atoms. The van der Waals surface area contributed by atoms with Gasteiger partial charge in [0.05, 0.1) is 13.2 Å². The third-order valence-electron chi connectivity index (χ3n) is 3.96. The van der Waals surface area contributed by atoms with E-state index in [1.165, 1.54) is 5.56 Å². The maximum atomic E-state index is 12.1. The first-order chi connectivity index (χ1) is 10.1. The Hall–Kier alpha value is -1.75. The number of nitrogens with zero attached hydrogens (tertiary/aromatic N) is 2. The van der Waals surface area contributed by atoms with Crippen molar-refractivity contribution in [1.29, 1.82) is 0 Å². The molecule has 0 radical (unpaired) electrons. The number of benzene rings is 1. The average molecular weight is 291 g/mol. The Morgan fingerprint density at radius 3 is 2.43 bits per heavy atom. The Morgan fingerprint density at radius 2 is 1.90 bits per heavy atom. The van der Waals surface area contributed by atoms with Crippen LogP contribution in [0.25, 0.3) is 0 Å². The molecule has 1 fully saturated rings. The lowest BCUT2D eigenvalue weighted by molar-refractivity contribution is 0.202. The van der Waals surface area contributed by atoms with Gasteiger partial charge in [0.1, 0.15) is 5.75 Å². The van der Waals surface area contributed by atoms with E-state index in [-0.39, 0.29) is 12.1 Å². The largest absolute Gasteiger partial charge is 0.497 e. The second kappa shape index (κ2) is 7.31. The van der Waals surface area contributed by atoms with Crippen molar-refractivity contribution < 1.29 is 9.53 Å². The third-order valence-corrected chi connectivity index (χ3v) is 3.96. The van der Waals surface area contributed by atoms with Gasteiger partial charge in [-0.25, -0.2) is 4.79 Å². The van der Waals surface area contributed by atoms with E-state index in [0.717, 1.165) is 31.7 Å². The first kappa shape index (κ1) is 15.6. The minimum absolute atomic E-state index is 0.0489. The summed E-state index contributed by atoms with van der Waals surface area (Å²) in [6.07, 6.45) is 2.23. The number of amides is 2. The van der Waals surface area contributed by atoms with E-state index in [9.17, 15) is 4.79 Å². The number of hydrogen-bond acceptors (Lipinski definition) is 3. The maximum Gasteiger partial charge on any atom is 0.317 e. The van der Waals surface area contributed by atoms with Gasteiger partial charge in [0.15, 0.2) is 0 Å². The molecule has 1 atom stereocenters. The smallest absolute Gasteiger partial charge is 0.317 e. The van der Waals surface area contributed by atoms with Crippen LogP contribution >= 0.6 is 0 Å². The van der Waals surface area contributed by atoms with E-state index >= 15 is 0 Å². The van der Waals surface area contributed by atoms with E-state index < -0.39 is 0 Å². The predicted molar refractivity (Wildman–Crippen MR) is 83.6 cm³/mol. The lowest BCUT2D eigenvalue weighted by atomic mass is 10.1. The van der Waals surface area contributed by atoms with Gasteiger partial charge in [-0.15, -0.1) is 0 Å². The van der Waals surface area contributed by atoms with Crippen molar-refractivity contribution in [2.75, 3.05) is 40.8 Å². The van der Waals surface area contributed by atoms with Gasteiger partial charge < -0.3 is 19.9 Å². The highest BCUT2D eigenvalue weighted by Gasteiger charge is 2.20. The summed E-state index contributed by atoms with van der Waals surface area (Å²) in [7, 11) is 5.71. The number of likely N-dealkylation sites (N-methyl/N-ethyl adjacent to an activating group) is 1. The Labute approximate surface area is 126 Å². The summed E-state index contributed by atoms with van der Waals surface area (Å²) in [5.41, 5.74) is 1.17. The molecule has 0 aromatic heterocycles. The molecule has 1 aliphatic heterocycles. The highest BCUT2D eigenvalue weighted by molar-refractivity contribution is 5.74. The van der Waals surface area contributed by atoms with Gasteiger partial charge in [0.2, 0.25) is 0 Å². The lowest BCUT2D eigenvalue weighted by Crippen LogP contribution is -2.42. The van der Waals surface area contributed by atoms with Crippen molar-refractivity contribution in [2.24, 2.45) is 0 Å². The summed E-state index contributed by atoms with van der Waals surface area (Å²) < 4.78 is 5.19. The van der Waals surface area contributed by atoms with Crippen molar-refractivity contribution in [1.82, 2.24) is 15.1 Å². The van der Waals surface area contributed by atoms with Crippen LogP contribution in [0.2, 0.25) is 0 Å². The second-order valence-corrected chi connectivity index (χ2v) is 5.63. The molecule has 2 rings (SSSR count). The van der Waals surface area contributed by atoms with Crippen LogP contribution in [-0.4, -0.2) is 56.7 Å². The molecule has 5 heteroatoms. The highest BCUT2D eigenvalue weighted by atomic mass is 16.5. The highest BCUT2D eigenvalue weighted by Crippen LogP contribution is 2.20. The van der Waals surface area contributed by atoms with Gasteiger partial charge in [0, 0.05) is 19.6 Å². The van der Waals surface area contributed by atoms with Crippen LogP contribution in [0.15, 0.2) is 24.3 Å². The molecule has 5 nitrogen and oxygen atoms in total. The first-order valence-electron chi connectivity index (χ1n) is 7.45. The number of ether oxygens (including phenoxy) is 1. The van der Waals surface area contributed by atoms with E-state index in [1.54, 1.807) is 7.11 Å². The average Bonchev–Trinajstić information content (AvgIpc) is 3.02. The van der Waals surface area contributed by atoms with E-state index in [1.807, 2.05) is 43.3 Å². The molecule has 21 heavy (non-hydrogen) atoms. The van der Waals surface area contributed by atoms with Crippen molar-refractivity contribution >= 4 is 6.03 Å². The zero-order chi connectivity index (χ0) is 15.2. The van der Waals surface area contributed by atoms with Crippen molar-refractivity contribution in [3.8, 4) is 5.75 Å². The molecule has 1 heterocycles. The van der Waals surface area contributed by atoms with Crippen LogP contribution in [0, 0.1) is 0 Å². The molecule has 0 saturated carbocycles. The number of carbonyl (C=O) groups is 1. The molecule has 2 amide bonds. The molecule has 0 bridgehead atoms. The summed E-state index contributed by atoms with van der Waals surface area (Å²) in [5.74, 6) is 0.845. The molecule has 116 valence electrons. The topological polar surface area (TPSA) is 44.8 Å². The van der Waals surface area contributed by atoms with E-state index in [2.05, 4.69) is 10.2 Å². The zero-order valence-electron chi connectivity index (χ0n) is 13.1. The SMILES string of the molecule is COc1ccc(C(CNC(=O)N2CCCC2)N(C)C)cc1. The Kier molecular flexibility index (Phi) is 5.44. The first-order valence-corrected chi connectivity index (χ1v) is 7.45. The molecule has 1 aliphatic rings. The number of urea groups is 1. The molecular weight excluding hydrogens is 266 g/mol. The van der Waals surface area contributed by atoms with Crippen LogP contribution in [0.4, 0.5) is 4.79 Å². The lowest BCUT2D eigenvalue weighted by Gasteiger charge is -2.26. The standard InChI is InChI=1S/C16H25N3O2/c1-18(2)15(13-6-8-14(21-3)9-7-13)12-17-16(20)19-10-4-5-11-19/h6-9,15H,4-5,10-12H2,1-3H3,(H,17,20). The fourth-order valence-corrected chi connectivity index (χ4v) is 2.64. The minimum atomic E-state index is 0.0489. The predicted octanol–water partition coefficient (Wildman–Crippen LogP) is 2.10. The van der Waals surface area contributed by atoms with Crippen molar-refractivity contribution in [2.45, 2.75) is 18.9 Å². The number of nitrogens with one attached hydrogen (secondary N) is 1. The monoisotopic (exact) mass is 291 g/mol. The number of carbonyl (C=O) groups excluding carboxylic acids is 1. The van der Waals surface area contributed by atoms with Crippen LogP contribution in [-0.2, 0) is 0 Å². The van der Waals surface area contributed by atoms with Crippen molar-refractivity contribution in [3.05, 3.63) is 29.8 Å². The van der Waals surface area contributed by atoms with Gasteiger partial charge in [-0.3, -0.25) is 0 Å². The fraction of sp³-hybridized carbons (Fsp3) is 0.562. The van der Waals surface area contributed by atoms with Gasteiger partial charge in [-0.05, 0) is 44.6 Å². The van der Waals surface area contributed by atoms with Gasteiger partial charge in [-0.2, -0.15) is 0 Å². The van der Waals surface area contributed by atoms with Crippen LogP contribution < -0.4 is 10.1 Å². The number of methoxy groups -OCH3 is 1. The van der Waals surface area contributed by atoms with Gasteiger partial charge >= 0.3 is 6.03 Å². The number of hydrogen-bond donors (Lipinski definition) is 1. The summed E-state index contributed by atoms with van der Waals surface area (Å²) >= 11 is 0. The summed E-state index contributed by atoms with van der Waals surface area (Å²) in [5, 5.41) is 3.05. The fourth-order valence-electron chi connectivity index (χ4n) is 2.64. The Morgan fingerprint density at radius 1 is 1.29 bits per heavy atom. The van der Waals surface area contributed by atoms with Crippen LogP contribution in [0.5, 0.6) is 5.75 Å². The number of rotatable bonds is 5. The molecule has 1 aromatic rings. The summed E-state index contributed by atoms with van der Waals surface area (Å²) in [4.78, 5) is 16.1. The summed E-state index contributed by atoms with van der Waals surface area (Å²) in [6, 6.07) is 8.20. The van der Waals surface area contributed by atoms with Crippen LogP contribution in [0.1, 0.15) is 24.4 Å². The molecule has 1 unspecified atom stereocenters. The Balaban J connectivity index is 1.96. The van der Waals surface area contributed by atoms with E-state index in [4.69, 9.17) is 4.74 Å². The molecule has 1 saturated heterocycles.